The van der Waals surface area contributed by atoms with Crippen molar-refractivity contribution in [2.45, 2.75) is 13.0 Å². The topological polar surface area (TPSA) is 58.4 Å². The minimum absolute atomic E-state index is 0.0317. The first kappa shape index (κ1) is 13.8. The van der Waals surface area contributed by atoms with E-state index in [2.05, 4.69) is 4.98 Å². The normalized spacial score (nSPS) is 10.9. The number of fused-ring (bicyclic) bond motifs is 1. The van der Waals surface area contributed by atoms with Crippen LogP contribution >= 0.6 is 11.6 Å². The third-order valence-corrected chi connectivity index (χ3v) is 3.12. The van der Waals surface area contributed by atoms with Gasteiger partial charge in [0.25, 0.3) is 0 Å². The lowest BCUT2D eigenvalue weighted by atomic mass is 10.2. The van der Waals surface area contributed by atoms with E-state index in [0.717, 1.165) is 10.9 Å². The van der Waals surface area contributed by atoms with Gasteiger partial charge in [0.15, 0.2) is 0 Å². The van der Waals surface area contributed by atoms with Gasteiger partial charge in [-0.15, -0.1) is 0 Å². The Hall–Kier alpha value is -1.59. The van der Waals surface area contributed by atoms with Crippen LogP contribution in [-0.2, 0) is 6.54 Å². The van der Waals surface area contributed by atoms with Gasteiger partial charge in [0.1, 0.15) is 5.82 Å². The largest absolute Gasteiger partial charge is 0.396 e. The summed E-state index contributed by atoms with van der Waals surface area (Å²) < 4.78 is 1.55. The minimum Gasteiger partial charge on any atom is -0.396 e. The average molecular weight is 282 g/mol. The average Bonchev–Trinajstić information content (AvgIpc) is 2.36. The van der Waals surface area contributed by atoms with Crippen LogP contribution in [0.3, 0.4) is 0 Å². The van der Waals surface area contributed by atoms with Gasteiger partial charge in [0.05, 0.1) is 5.52 Å². The highest BCUT2D eigenvalue weighted by Crippen LogP contribution is 2.24. The Labute approximate surface area is 116 Å². The fourth-order valence-electron chi connectivity index (χ4n) is 2.02. The molecule has 0 atom stereocenters. The molecule has 6 heteroatoms. The number of aliphatic hydroxyl groups is 1. The SMILES string of the molecule is CN(C)c1nc(=O)n(CCCO)c2cc(Cl)ccc12. The van der Waals surface area contributed by atoms with Crippen LogP contribution in [0.1, 0.15) is 6.42 Å². The molecule has 1 N–H and O–H groups in total. The number of hydrogen-bond donors (Lipinski definition) is 1. The zero-order valence-corrected chi connectivity index (χ0v) is 11.7. The molecule has 0 saturated heterocycles. The predicted octanol–water partition coefficient (Wildman–Crippen LogP) is 1.50. The first-order valence-corrected chi connectivity index (χ1v) is 6.40. The lowest BCUT2D eigenvalue weighted by Gasteiger charge is -2.17. The van der Waals surface area contributed by atoms with Crippen molar-refractivity contribution in [1.29, 1.82) is 0 Å². The van der Waals surface area contributed by atoms with E-state index in [4.69, 9.17) is 16.7 Å². The molecule has 0 amide bonds. The van der Waals surface area contributed by atoms with E-state index < -0.39 is 0 Å². The molecule has 102 valence electrons. The molecular weight excluding hydrogens is 266 g/mol. The van der Waals surface area contributed by atoms with Gasteiger partial charge in [-0.1, -0.05) is 11.6 Å². The van der Waals surface area contributed by atoms with Crippen LogP contribution in [0.15, 0.2) is 23.0 Å². The number of aromatic nitrogens is 2. The van der Waals surface area contributed by atoms with Gasteiger partial charge < -0.3 is 10.0 Å². The van der Waals surface area contributed by atoms with Crippen molar-refractivity contribution in [1.82, 2.24) is 9.55 Å². The van der Waals surface area contributed by atoms with Gasteiger partial charge >= 0.3 is 5.69 Å². The second kappa shape index (κ2) is 5.59. The zero-order chi connectivity index (χ0) is 14.0. The standard InChI is InChI=1S/C13H16ClN3O2/c1-16(2)12-10-5-4-9(14)8-11(10)17(6-3-7-18)13(19)15-12/h4-5,8,18H,3,6-7H2,1-2H3. The zero-order valence-electron chi connectivity index (χ0n) is 10.9. The number of hydrogen-bond acceptors (Lipinski definition) is 4. The third-order valence-electron chi connectivity index (χ3n) is 2.89. The number of aliphatic hydroxyl groups excluding tert-OH is 1. The lowest BCUT2D eigenvalue weighted by Crippen LogP contribution is -2.27. The molecule has 0 saturated carbocycles. The summed E-state index contributed by atoms with van der Waals surface area (Å²) in [7, 11) is 3.68. The molecule has 0 fully saturated rings. The summed E-state index contributed by atoms with van der Waals surface area (Å²) in [6.07, 6.45) is 0.504. The van der Waals surface area contributed by atoms with E-state index in [0.29, 0.717) is 23.8 Å². The fraction of sp³-hybridized carbons (Fsp3) is 0.385. The molecular formula is C13H16ClN3O2. The summed E-state index contributed by atoms with van der Waals surface area (Å²) >= 11 is 6.01. The molecule has 0 aliphatic heterocycles. The van der Waals surface area contributed by atoms with Gasteiger partial charge in [-0.25, -0.2) is 4.79 Å². The number of benzene rings is 1. The van der Waals surface area contributed by atoms with Crippen LogP contribution in [0.25, 0.3) is 10.9 Å². The maximum absolute atomic E-state index is 12.1. The Morgan fingerprint density at radius 3 is 2.79 bits per heavy atom. The van der Waals surface area contributed by atoms with Crippen LogP contribution in [0.5, 0.6) is 0 Å². The van der Waals surface area contributed by atoms with E-state index >= 15 is 0 Å². The van der Waals surface area contributed by atoms with Crippen molar-refractivity contribution < 1.29 is 5.11 Å². The molecule has 0 bridgehead atoms. The first-order valence-electron chi connectivity index (χ1n) is 6.03. The van der Waals surface area contributed by atoms with Gasteiger partial charge in [0.2, 0.25) is 0 Å². The van der Waals surface area contributed by atoms with Crippen molar-refractivity contribution in [3.05, 3.63) is 33.7 Å². The van der Waals surface area contributed by atoms with E-state index in [1.165, 1.54) is 0 Å². The predicted molar refractivity (Wildman–Crippen MR) is 77.0 cm³/mol. The summed E-state index contributed by atoms with van der Waals surface area (Å²) in [6.45, 7) is 0.455. The molecule has 0 radical (unpaired) electrons. The summed E-state index contributed by atoms with van der Waals surface area (Å²) in [5.74, 6) is 0.622. The van der Waals surface area contributed by atoms with Crippen LogP contribution in [0, 0.1) is 0 Å². The summed E-state index contributed by atoms with van der Waals surface area (Å²) in [6, 6.07) is 5.39. The van der Waals surface area contributed by atoms with Crippen LogP contribution in [0.2, 0.25) is 5.02 Å². The molecule has 2 rings (SSSR count). The monoisotopic (exact) mass is 281 g/mol. The molecule has 0 aliphatic carbocycles. The van der Waals surface area contributed by atoms with E-state index in [-0.39, 0.29) is 12.3 Å². The number of nitrogens with zero attached hydrogens (tertiary/aromatic N) is 3. The van der Waals surface area contributed by atoms with Crippen molar-refractivity contribution in [3.63, 3.8) is 0 Å². The number of halogens is 1. The molecule has 1 heterocycles. The maximum atomic E-state index is 12.1. The fourth-order valence-corrected chi connectivity index (χ4v) is 2.18. The number of anilines is 1. The van der Waals surface area contributed by atoms with Gasteiger partial charge in [-0.2, -0.15) is 4.98 Å². The molecule has 5 nitrogen and oxygen atoms in total. The van der Waals surface area contributed by atoms with Crippen molar-refractivity contribution in [2.75, 3.05) is 25.6 Å². The molecule has 0 aliphatic rings. The molecule has 1 aromatic carbocycles. The summed E-state index contributed by atoms with van der Waals surface area (Å²) in [5, 5.41) is 10.4. The van der Waals surface area contributed by atoms with E-state index in [1.54, 1.807) is 21.6 Å². The van der Waals surface area contributed by atoms with Gasteiger partial charge in [-0.05, 0) is 24.6 Å². The number of rotatable bonds is 4. The van der Waals surface area contributed by atoms with E-state index in [1.807, 2.05) is 20.2 Å². The molecule has 19 heavy (non-hydrogen) atoms. The third kappa shape index (κ3) is 2.72. The van der Waals surface area contributed by atoms with Crippen LogP contribution in [-0.4, -0.2) is 35.4 Å². The van der Waals surface area contributed by atoms with Crippen molar-refractivity contribution >= 4 is 28.3 Å². The molecule has 0 spiro atoms. The summed E-state index contributed by atoms with van der Waals surface area (Å²) in [5.41, 5.74) is 0.413. The highest BCUT2D eigenvalue weighted by molar-refractivity contribution is 6.31. The lowest BCUT2D eigenvalue weighted by molar-refractivity contribution is 0.279. The second-order valence-corrected chi connectivity index (χ2v) is 4.94. The molecule has 1 aromatic heterocycles. The van der Waals surface area contributed by atoms with Gasteiger partial charge in [-0.3, -0.25) is 4.57 Å². The first-order chi connectivity index (χ1) is 9.04. The minimum atomic E-state index is -0.327. The Bertz CT molecular complexity index is 652. The molecule has 0 unspecified atom stereocenters. The van der Waals surface area contributed by atoms with E-state index in [9.17, 15) is 4.79 Å². The highest BCUT2D eigenvalue weighted by Gasteiger charge is 2.12. The highest BCUT2D eigenvalue weighted by atomic mass is 35.5. The maximum Gasteiger partial charge on any atom is 0.350 e. The second-order valence-electron chi connectivity index (χ2n) is 4.50. The Kier molecular flexibility index (Phi) is 4.07. The quantitative estimate of drug-likeness (QED) is 0.923. The van der Waals surface area contributed by atoms with Crippen LogP contribution < -0.4 is 10.6 Å². The molecule has 2 aromatic rings. The van der Waals surface area contributed by atoms with Crippen molar-refractivity contribution in [2.24, 2.45) is 0 Å². The van der Waals surface area contributed by atoms with Gasteiger partial charge in [0, 0.05) is 37.7 Å². The summed E-state index contributed by atoms with van der Waals surface area (Å²) in [4.78, 5) is 18.0. The van der Waals surface area contributed by atoms with Crippen molar-refractivity contribution in [3.8, 4) is 0 Å². The van der Waals surface area contributed by atoms with Crippen LogP contribution in [0.4, 0.5) is 5.82 Å². The number of aryl methyl sites for hydroxylation is 1. The smallest absolute Gasteiger partial charge is 0.350 e. The Balaban J connectivity index is 2.74. The Morgan fingerprint density at radius 2 is 2.16 bits per heavy atom. The Morgan fingerprint density at radius 1 is 1.42 bits per heavy atom.